The van der Waals surface area contributed by atoms with Crippen LogP contribution in [0, 0.1) is 18.7 Å². The maximum atomic E-state index is 13.9. The summed E-state index contributed by atoms with van der Waals surface area (Å²) < 4.78 is 13.9. The summed E-state index contributed by atoms with van der Waals surface area (Å²) in [5.41, 5.74) is 6.48. The molecule has 3 N–H and O–H groups in total. The van der Waals surface area contributed by atoms with E-state index < -0.39 is 5.82 Å². The Labute approximate surface area is 112 Å². The van der Waals surface area contributed by atoms with Gasteiger partial charge >= 0.3 is 0 Å². The van der Waals surface area contributed by atoms with E-state index in [-0.39, 0.29) is 11.5 Å². The van der Waals surface area contributed by atoms with E-state index in [4.69, 9.17) is 5.73 Å². The minimum Gasteiger partial charge on any atom is -0.399 e. The van der Waals surface area contributed by atoms with Crippen LogP contribution in [0.3, 0.4) is 0 Å². The lowest BCUT2D eigenvalue weighted by molar-refractivity contribution is 0.0942. The van der Waals surface area contributed by atoms with Crippen LogP contribution in [0.2, 0.25) is 0 Å². The Balaban J connectivity index is 2.01. The van der Waals surface area contributed by atoms with Crippen LogP contribution in [0.4, 0.5) is 10.1 Å². The fraction of sp³-hybridized carbons (Fsp3) is 0.400. The molecule has 2 rings (SSSR count). The number of rotatable bonds is 3. The average Bonchev–Trinajstić information content (AvgIpc) is 2.41. The number of hydrogen-bond donors (Lipinski definition) is 2. The number of amides is 1. The predicted octanol–water partition coefficient (Wildman–Crippen LogP) is 2.80. The third-order valence-corrected chi connectivity index (χ3v) is 3.45. The summed E-state index contributed by atoms with van der Waals surface area (Å²) in [4.78, 5) is 12.0. The summed E-state index contributed by atoms with van der Waals surface area (Å²) in [6, 6.07) is 2.91. The molecule has 1 aliphatic carbocycles. The second-order valence-electron chi connectivity index (χ2n) is 5.06. The van der Waals surface area contributed by atoms with Gasteiger partial charge < -0.3 is 11.1 Å². The van der Waals surface area contributed by atoms with Gasteiger partial charge in [0, 0.05) is 12.2 Å². The van der Waals surface area contributed by atoms with E-state index in [1.807, 2.05) is 0 Å². The molecule has 0 radical (unpaired) electrons. The standard InChI is InChI=1S/C15H19FN2O/c1-10-7-12(17)8-13(14(10)16)15(19)18-9-11-5-3-2-4-6-11/h2-3,7-8,11H,4-6,9,17H2,1H3,(H,18,19). The van der Waals surface area contributed by atoms with Gasteiger partial charge in [-0.3, -0.25) is 4.79 Å². The van der Waals surface area contributed by atoms with Crippen LogP contribution >= 0.6 is 0 Å². The van der Waals surface area contributed by atoms with Crippen molar-refractivity contribution in [3.8, 4) is 0 Å². The molecule has 4 heteroatoms. The first kappa shape index (κ1) is 13.6. The molecule has 1 amide bonds. The van der Waals surface area contributed by atoms with Crippen molar-refractivity contribution in [2.45, 2.75) is 26.2 Å². The van der Waals surface area contributed by atoms with Gasteiger partial charge in [-0.15, -0.1) is 0 Å². The molecule has 19 heavy (non-hydrogen) atoms. The van der Waals surface area contributed by atoms with Crippen molar-refractivity contribution in [1.29, 1.82) is 0 Å². The molecule has 1 atom stereocenters. The van der Waals surface area contributed by atoms with Gasteiger partial charge in [-0.25, -0.2) is 4.39 Å². The first-order valence-corrected chi connectivity index (χ1v) is 6.56. The van der Waals surface area contributed by atoms with E-state index in [1.165, 1.54) is 12.1 Å². The van der Waals surface area contributed by atoms with Crippen LogP contribution < -0.4 is 11.1 Å². The molecule has 1 aromatic carbocycles. The molecule has 0 heterocycles. The van der Waals surface area contributed by atoms with Gasteiger partial charge in [-0.05, 0) is 49.8 Å². The zero-order chi connectivity index (χ0) is 13.8. The lowest BCUT2D eigenvalue weighted by Gasteiger charge is -2.18. The van der Waals surface area contributed by atoms with Crippen molar-refractivity contribution in [1.82, 2.24) is 5.32 Å². The average molecular weight is 262 g/mol. The molecule has 0 saturated carbocycles. The van der Waals surface area contributed by atoms with Gasteiger partial charge in [0.2, 0.25) is 0 Å². The number of carbonyl (C=O) groups is 1. The first-order chi connectivity index (χ1) is 9.08. The van der Waals surface area contributed by atoms with Gasteiger partial charge in [0.15, 0.2) is 0 Å². The molecule has 0 aliphatic heterocycles. The van der Waals surface area contributed by atoms with Gasteiger partial charge in [-0.1, -0.05) is 12.2 Å². The molecule has 0 saturated heterocycles. The molecule has 0 aromatic heterocycles. The number of nitrogens with one attached hydrogen (secondary N) is 1. The van der Waals surface area contributed by atoms with Crippen molar-refractivity contribution in [2.24, 2.45) is 5.92 Å². The summed E-state index contributed by atoms with van der Waals surface area (Å²) in [5.74, 6) is -0.433. The second-order valence-corrected chi connectivity index (χ2v) is 5.06. The Morgan fingerprint density at radius 1 is 1.47 bits per heavy atom. The normalized spacial score (nSPS) is 18.3. The SMILES string of the molecule is Cc1cc(N)cc(C(=O)NCC2CC=CCC2)c1F. The Morgan fingerprint density at radius 3 is 2.95 bits per heavy atom. The van der Waals surface area contributed by atoms with Crippen LogP contribution in [0.1, 0.15) is 35.2 Å². The van der Waals surface area contributed by atoms with Crippen molar-refractivity contribution in [2.75, 3.05) is 12.3 Å². The number of nitrogens with two attached hydrogens (primary N) is 1. The highest BCUT2D eigenvalue weighted by Crippen LogP contribution is 2.19. The van der Waals surface area contributed by atoms with E-state index in [0.29, 0.717) is 23.7 Å². The van der Waals surface area contributed by atoms with E-state index in [0.717, 1.165) is 19.3 Å². The predicted molar refractivity (Wildman–Crippen MR) is 74.4 cm³/mol. The zero-order valence-corrected chi connectivity index (χ0v) is 11.1. The largest absolute Gasteiger partial charge is 0.399 e. The Hall–Kier alpha value is -1.84. The number of carbonyl (C=O) groups excluding carboxylic acids is 1. The van der Waals surface area contributed by atoms with Gasteiger partial charge in [0.05, 0.1) is 5.56 Å². The van der Waals surface area contributed by atoms with Crippen LogP contribution in [0.5, 0.6) is 0 Å². The van der Waals surface area contributed by atoms with Crippen molar-refractivity contribution in [3.63, 3.8) is 0 Å². The minimum atomic E-state index is -0.491. The molecule has 1 aromatic rings. The second kappa shape index (κ2) is 5.87. The van der Waals surface area contributed by atoms with Crippen molar-refractivity contribution < 1.29 is 9.18 Å². The van der Waals surface area contributed by atoms with Crippen LogP contribution in [-0.4, -0.2) is 12.5 Å². The zero-order valence-electron chi connectivity index (χ0n) is 11.1. The van der Waals surface area contributed by atoms with Crippen LogP contribution in [0.25, 0.3) is 0 Å². The third kappa shape index (κ3) is 3.34. The number of hydrogen-bond acceptors (Lipinski definition) is 2. The number of benzene rings is 1. The topological polar surface area (TPSA) is 55.1 Å². The molecule has 0 fully saturated rings. The Kier molecular flexibility index (Phi) is 4.20. The highest BCUT2D eigenvalue weighted by atomic mass is 19.1. The van der Waals surface area contributed by atoms with E-state index in [9.17, 15) is 9.18 Å². The van der Waals surface area contributed by atoms with E-state index in [1.54, 1.807) is 6.92 Å². The first-order valence-electron chi connectivity index (χ1n) is 6.56. The molecule has 0 bridgehead atoms. The van der Waals surface area contributed by atoms with Gasteiger partial charge in [-0.2, -0.15) is 0 Å². The number of halogens is 1. The lowest BCUT2D eigenvalue weighted by atomic mass is 9.94. The van der Waals surface area contributed by atoms with Crippen LogP contribution in [0.15, 0.2) is 24.3 Å². The summed E-state index contributed by atoms with van der Waals surface area (Å²) in [5, 5.41) is 2.80. The Morgan fingerprint density at radius 2 is 2.26 bits per heavy atom. The molecule has 3 nitrogen and oxygen atoms in total. The molecule has 0 spiro atoms. The summed E-state index contributed by atoms with van der Waals surface area (Å²) in [6.07, 6.45) is 7.37. The van der Waals surface area contributed by atoms with Gasteiger partial charge in [0.25, 0.3) is 5.91 Å². The smallest absolute Gasteiger partial charge is 0.254 e. The molecule has 102 valence electrons. The van der Waals surface area contributed by atoms with Crippen molar-refractivity contribution >= 4 is 11.6 Å². The van der Waals surface area contributed by atoms with E-state index >= 15 is 0 Å². The molecule has 1 unspecified atom stereocenters. The van der Waals surface area contributed by atoms with Crippen LogP contribution in [-0.2, 0) is 0 Å². The summed E-state index contributed by atoms with van der Waals surface area (Å²) in [7, 11) is 0. The fourth-order valence-corrected chi connectivity index (χ4v) is 2.34. The maximum Gasteiger partial charge on any atom is 0.254 e. The maximum absolute atomic E-state index is 13.9. The van der Waals surface area contributed by atoms with E-state index in [2.05, 4.69) is 17.5 Å². The number of nitrogen functional groups attached to an aromatic ring is 1. The highest BCUT2D eigenvalue weighted by molar-refractivity contribution is 5.95. The minimum absolute atomic E-state index is 0.0313. The number of anilines is 1. The molecular weight excluding hydrogens is 243 g/mol. The lowest BCUT2D eigenvalue weighted by Crippen LogP contribution is -2.30. The Bertz CT molecular complexity index is 511. The summed E-state index contributed by atoms with van der Waals surface area (Å²) in [6.45, 7) is 2.19. The fourth-order valence-electron chi connectivity index (χ4n) is 2.34. The molecule has 1 aliphatic rings. The monoisotopic (exact) mass is 262 g/mol. The molecular formula is C15H19FN2O. The summed E-state index contributed by atoms with van der Waals surface area (Å²) >= 11 is 0. The third-order valence-electron chi connectivity index (χ3n) is 3.45. The quantitative estimate of drug-likeness (QED) is 0.650. The van der Waals surface area contributed by atoms with Crippen molar-refractivity contribution in [3.05, 3.63) is 41.2 Å². The number of aryl methyl sites for hydroxylation is 1. The highest BCUT2D eigenvalue weighted by Gasteiger charge is 2.16. The van der Waals surface area contributed by atoms with Gasteiger partial charge in [0.1, 0.15) is 5.82 Å². The number of allylic oxidation sites excluding steroid dienone is 2.